The fourth-order valence-electron chi connectivity index (χ4n) is 2.97. The highest BCUT2D eigenvalue weighted by atomic mass is 32.1. The lowest BCUT2D eigenvalue weighted by Gasteiger charge is -2.35. The van der Waals surface area contributed by atoms with Crippen LogP contribution in [0.3, 0.4) is 0 Å². The van der Waals surface area contributed by atoms with Gasteiger partial charge in [0.25, 0.3) is 0 Å². The van der Waals surface area contributed by atoms with Crippen LogP contribution in [0.1, 0.15) is 25.1 Å². The van der Waals surface area contributed by atoms with Crippen LogP contribution < -0.4 is 5.32 Å². The van der Waals surface area contributed by atoms with Crippen LogP contribution in [0.15, 0.2) is 35.2 Å². The lowest BCUT2D eigenvalue weighted by Crippen LogP contribution is -2.44. The van der Waals surface area contributed by atoms with Crippen LogP contribution in [0.5, 0.6) is 0 Å². The fraction of sp³-hybridized carbons (Fsp3) is 0.471. The van der Waals surface area contributed by atoms with Crippen molar-refractivity contribution in [3.8, 4) is 0 Å². The first-order valence-corrected chi connectivity index (χ1v) is 8.71. The molecule has 0 spiro atoms. The van der Waals surface area contributed by atoms with Gasteiger partial charge in [0, 0.05) is 30.7 Å². The van der Waals surface area contributed by atoms with Crippen LogP contribution in [0.4, 0.5) is 5.69 Å². The van der Waals surface area contributed by atoms with Gasteiger partial charge in [-0.1, -0.05) is 12.1 Å². The van der Waals surface area contributed by atoms with Crippen molar-refractivity contribution in [3.05, 3.63) is 46.4 Å². The number of aromatic nitrogens is 1. The summed E-state index contributed by atoms with van der Waals surface area (Å²) in [6.07, 6.45) is 0.629. The van der Waals surface area contributed by atoms with E-state index in [1.807, 2.05) is 5.51 Å². The third-order valence-corrected chi connectivity index (χ3v) is 4.42. The zero-order chi connectivity index (χ0) is 15.4. The van der Waals surface area contributed by atoms with Crippen molar-refractivity contribution in [1.82, 2.24) is 9.88 Å². The molecular formula is C17H23N3OS. The number of thiazole rings is 1. The van der Waals surface area contributed by atoms with E-state index < -0.39 is 0 Å². The Kier molecular flexibility index (Phi) is 5.08. The molecule has 0 saturated carbocycles. The number of anilines is 1. The summed E-state index contributed by atoms with van der Waals surface area (Å²) in [5, 5.41) is 5.52. The molecule has 2 atom stereocenters. The Morgan fingerprint density at radius 2 is 2.14 bits per heavy atom. The van der Waals surface area contributed by atoms with Crippen molar-refractivity contribution in [1.29, 1.82) is 0 Å². The van der Waals surface area contributed by atoms with Gasteiger partial charge >= 0.3 is 0 Å². The molecule has 2 unspecified atom stereocenters. The minimum absolute atomic E-state index is 0.315. The number of rotatable bonds is 5. The van der Waals surface area contributed by atoms with E-state index in [2.05, 4.69) is 58.7 Å². The molecule has 1 aromatic carbocycles. The third kappa shape index (κ3) is 4.29. The van der Waals surface area contributed by atoms with Crippen molar-refractivity contribution in [2.45, 2.75) is 39.1 Å². The number of nitrogens with zero attached hydrogens (tertiary/aromatic N) is 2. The summed E-state index contributed by atoms with van der Waals surface area (Å²) >= 11 is 1.63. The summed E-state index contributed by atoms with van der Waals surface area (Å²) in [4.78, 5) is 6.77. The number of hydrogen-bond acceptors (Lipinski definition) is 5. The van der Waals surface area contributed by atoms with Gasteiger partial charge < -0.3 is 10.1 Å². The van der Waals surface area contributed by atoms with Crippen molar-refractivity contribution in [2.24, 2.45) is 0 Å². The van der Waals surface area contributed by atoms with Crippen molar-refractivity contribution in [2.75, 3.05) is 18.4 Å². The number of benzene rings is 1. The van der Waals surface area contributed by atoms with Crippen LogP contribution in [0, 0.1) is 0 Å². The highest BCUT2D eigenvalue weighted by molar-refractivity contribution is 7.07. The van der Waals surface area contributed by atoms with Crippen molar-refractivity contribution in [3.63, 3.8) is 0 Å². The topological polar surface area (TPSA) is 37.4 Å². The fourth-order valence-corrected chi connectivity index (χ4v) is 3.53. The molecule has 3 rings (SSSR count). The second-order valence-electron chi connectivity index (χ2n) is 5.99. The van der Waals surface area contributed by atoms with E-state index in [4.69, 9.17) is 4.74 Å². The van der Waals surface area contributed by atoms with Gasteiger partial charge in [-0.25, -0.2) is 4.98 Å². The molecule has 1 aliphatic heterocycles. The predicted octanol–water partition coefficient (Wildman–Crippen LogP) is 3.36. The van der Waals surface area contributed by atoms with Gasteiger partial charge in [0.05, 0.1) is 30.0 Å². The lowest BCUT2D eigenvalue weighted by molar-refractivity contribution is -0.0704. The Bertz CT molecular complexity index is 577. The summed E-state index contributed by atoms with van der Waals surface area (Å²) in [5.74, 6) is 0. The first kappa shape index (κ1) is 15.5. The van der Waals surface area contributed by atoms with E-state index >= 15 is 0 Å². The summed E-state index contributed by atoms with van der Waals surface area (Å²) in [5.41, 5.74) is 5.45. The highest BCUT2D eigenvalue weighted by Gasteiger charge is 2.21. The maximum Gasteiger partial charge on any atom is 0.0795 e. The molecule has 0 bridgehead atoms. The Morgan fingerprint density at radius 3 is 2.86 bits per heavy atom. The first-order valence-electron chi connectivity index (χ1n) is 7.77. The zero-order valence-electron chi connectivity index (χ0n) is 13.2. The molecule has 2 aromatic rings. The van der Waals surface area contributed by atoms with E-state index in [1.54, 1.807) is 11.3 Å². The average Bonchev–Trinajstić information content (AvgIpc) is 2.98. The molecule has 118 valence electrons. The molecule has 22 heavy (non-hydrogen) atoms. The van der Waals surface area contributed by atoms with Gasteiger partial charge in [0.1, 0.15) is 0 Å². The summed E-state index contributed by atoms with van der Waals surface area (Å²) in [6.45, 7) is 8.05. The molecule has 1 aromatic heterocycles. The molecular weight excluding hydrogens is 294 g/mol. The molecule has 1 fully saturated rings. The van der Waals surface area contributed by atoms with E-state index in [1.165, 1.54) is 5.56 Å². The zero-order valence-corrected chi connectivity index (χ0v) is 14.0. The molecule has 2 heterocycles. The van der Waals surface area contributed by atoms with Gasteiger partial charge in [0.2, 0.25) is 0 Å². The third-order valence-electron chi connectivity index (χ3n) is 3.79. The van der Waals surface area contributed by atoms with Crippen LogP contribution in [-0.2, 0) is 17.8 Å². The van der Waals surface area contributed by atoms with E-state index in [0.717, 1.165) is 37.6 Å². The molecule has 0 amide bonds. The Labute approximate surface area is 136 Å². The number of hydrogen-bond donors (Lipinski definition) is 1. The normalized spacial score (nSPS) is 22.6. The van der Waals surface area contributed by atoms with Gasteiger partial charge in [-0.15, -0.1) is 11.3 Å². The number of morpholine rings is 1. The molecule has 5 heteroatoms. The van der Waals surface area contributed by atoms with Crippen molar-refractivity contribution >= 4 is 17.0 Å². The average molecular weight is 317 g/mol. The van der Waals surface area contributed by atoms with Crippen LogP contribution in [-0.4, -0.2) is 35.2 Å². The van der Waals surface area contributed by atoms with E-state index in [9.17, 15) is 0 Å². The lowest BCUT2D eigenvalue weighted by atomic mass is 10.1. The quantitative estimate of drug-likeness (QED) is 0.917. The van der Waals surface area contributed by atoms with Crippen molar-refractivity contribution < 1.29 is 4.74 Å². The van der Waals surface area contributed by atoms with E-state index in [-0.39, 0.29) is 0 Å². The first-order chi connectivity index (χ1) is 10.7. The monoisotopic (exact) mass is 317 g/mol. The minimum atomic E-state index is 0.315. The Hall–Kier alpha value is -1.43. The molecule has 1 N–H and O–H groups in total. The largest absolute Gasteiger partial charge is 0.379 e. The summed E-state index contributed by atoms with van der Waals surface area (Å²) in [6, 6.07) is 8.66. The maximum atomic E-state index is 5.80. The minimum Gasteiger partial charge on any atom is -0.379 e. The van der Waals surface area contributed by atoms with Gasteiger partial charge in [-0.05, 0) is 31.5 Å². The van der Waals surface area contributed by atoms with Crippen LogP contribution >= 0.6 is 11.3 Å². The maximum absolute atomic E-state index is 5.80. The molecule has 0 radical (unpaired) electrons. The highest BCUT2D eigenvalue weighted by Crippen LogP contribution is 2.17. The van der Waals surface area contributed by atoms with Crippen LogP contribution in [0.25, 0.3) is 0 Å². The van der Waals surface area contributed by atoms with E-state index in [0.29, 0.717) is 12.2 Å². The Balaban J connectivity index is 1.58. The summed E-state index contributed by atoms with van der Waals surface area (Å²) < 4.78 is 5.80. The standard InChI is InChI=1S/C17H23N3OS/c1-13-8-20(9-14(2)21-13)10-15-4-3-5-16(6-15)18-7-17-11-22-12-19-17/h3-6,11-14,18H,7-10H2,1-2H3. The summed E-state index contributed by atoms with van der Waals surface area (Å²) in [7, 11) is 0. The predicted molar refractivity (Wildman–Crippen MR) is 91.2 cm³/mol. The van der Waals surface area contributed by atoms with Gasteiger partial charge in [-0.3, -0.25) is 4.90 Å². The number of ether oxygens (including phenoxy) is 1. The van der Waals surface area contributed by atoms with Gasteiger partial charge in [0.15, 0.2) is 0 Å². The second-order valence-corrected chi connectivity index (χ2v) is 6.70. The smallest absolute Gasteiger partial charge is 0.0795 e. The van der Waals surface area contributed by atoms with Crippen LogP contribution in [0.2, 0.25) is 0 Å². The molecule has 0 aliphatic carbocycles. The number of nitrogens with one attached hydrogen (secondary N) is 1. The Morgan fingerprint density at radius 1 is 1.32 bits per heavy atom. The van der Waals surface area contributed by atoms with Gasteiger partial charge in [-0.2, -0.15) is 0 Å². The SMILES string of the molecule is CC1CN(Cc2cccc(NCc3cscn3)c2)CC(C)O1. The second kappa shape index (κ2) is 7.22. The molecule has 1 saturated heterocycles. The molecule has 4 nitrogen and oxygen atoms in total. The molecule has 1 aliphatic rings.